The highest BCUT2D eigenvalue weighted by Gasteiger charge is 2.20. The van der Waals surface area contributed by atoms with E-state index in [1.165, 1.54) is 6.07 Å². The Morgan fingerprint density at radius 2 is 1.89 bits per heavy atom. The molecule has 0 radical (unpaired) electrons. The van der Waals surface area contributed by atoms with Crippen LogP contribution in [0.4, 0.5) is 13.2 Å². The SMILES string of the molecule is CCCOCC(NCC)c1ccc(F)c(F)c1F. The van der Waals surface area contributed by atoms with Crippen molar-refractivity contribution in [3.63, 3.8) is 0 Å². The fraction of sp³-hybridized carbons (Fsp3) is 0.538. The third-order valence-electron chi connectivity index (χ3n) is 2.52. The van der Waals surface area contributed by atoms with Crippen molar-refractivity contribution < 1.29 is 17.9 Å². The van der Waals surface area contributed by atoms with Crippen molar-refractivity contribution in [2.45, 2.75) is 26.3 Å². The van der Waals surface area contributed by atoms with Crippen molar-refractivity contribution in [2.24, 2.45) is 0 Å². The Morgan fingerprint density at radius 3 is 2.50 bits per heavy atom. The topological polar surface area (TPSA) is 21.3 Å². The molecule has 1 N–H and O–H groups in total. The monoisotopic (exact) mass is 261 g/mol. The number of rotatable bonds is 7. The Labute approximate surface area is 105 Å². The quantitative estimate of drug-likeness (QED) is 0.601. The van der Waals surface area contributed by atoms with E-state index < -0.39 is 23.5 Å². The molecule has 18 heavy (non-hydrogen) atoms. The van der Waals surface area contributed by atoms with Gasteiger partial charge in [-0.1, -0.05) is 19.9 Å². The normalized spacial score (nSPS) is 12.7. The average molecular weight is 261 g/mol. The number of benzene rings is 1. The molecule has 102 valence electrons. The lowest BCUT2D eigenvalue weighted by Crippen LogP contribution is -2.27. The number of likely N-dealkylation sites (N-methyl/N-ethyl adjacent to an activating group) is 1. The first-order chi connectivity index (χ1) is 8.61. The fourth-order valence-electron chi connectivity index (χ4n) is 1.66. The van der Waals surface area contributed by atoms with Crippen LogP contribution in [-0.4, -0.2) is 19.8 Å². The zero-order valence-electron chi connectivity index (χ0n) is 10.6. The molecule has 1 aromatic carbocycles. The Hall–Kier alpha value is -1.07. The molecule has 0 aliphatic carbocycles. The minimum Gasteiger partial charge on any atom is -0.379 e. The van der Waals surface area contributed by atoms with Gasteiger partial charge in [-0.05, 0) is 19.0 Å². The lowest BCUT2D eigenvalue weighted by Gasteiger charge is -2.19. The summed E-state index contributed by atoms with van der Waals surface area (Å²) in [5, 5.41) is 2.99. The van der Waals surface area contributed by atoms with E-state index in [0.29, 0.717) is 13.2 Å². The molecule has 0 fully saturated rings. The van der Waals surface area contributed by atoms with Gasteiger partial charge >= 0.3 is 0 Å². The summed E-state index contributed by atoms with van der Waals surface area (Å²) in [4.78, 5) is 0. The highest BCUT2D eigenvalue weighted by molar-refractivity contribution is 5.23. The number of ether oxygens (including phenoxy) is 1. The Morgan fingerprint density at radius 1 is 1.17 bits per heavy atom. The summed E-state index contributed by atoms with van der Waals surface area (Å²) in [5.74, 6) is -3.77. The molecule has 1 unspecified atom stereocenters. The van der Waals surface area contributed by atoms with E-state index in [1.54, 1.807) is 0 Å². The van der Waals surface area contributed by atoms with Gasteiger partial charge in [-0.2, -0.15) is 0 Å². The summed E-state index contributed by atoms with van der Waals surface area (Å²) in [6.07, 6.45) is 0.846. The molecular formula is C13H18F3NO. The summed E-state index contributed by atoms with van der Waals surface area (Å²) in [5.41, 5.74) is 0.0897. The van der Waals surface area contributed by atoms with Crippen LogP contribution in [0.2, 0.25) is 0 Å². The fourth-order valence-corrected chi connectivity index (χ4v) is 1.66. The van der Waals surface area contributed by atoms with Gasteiger partial charge in [0.2, 0.25) is 0 Å². The highest BCUT2D eigenvalue weighted by Crippen LogP contribution is 2.21. The third kappa shape index (κ3) is 3.71. The first kappa shape index (κ1) is 15.0. The van der Waals surface area contributed by atoms with Crippen molar-refractivity contribution in [2.75, 3.05) is 19.8 Å². The predicted octanol–water partition coefficient (Wildman–Crippen LogP) is 3.18. The molecule has 0 aromatic heterocycles. The van der Waals surface area contributed by atoms with Gasteiger partial charge in [-0.15, -0.1) is 0 Å². The van der Waals surface area contributed by atoms with E-state index in [1.807, 2.05) is 13.8 Å². The molecule has 0 saturated heterocycles. The van der Waals surface area contributed by atoms with Gasteiger partial charge in [0, 0.05) is 12.2 Å². The summed E-state index contributed by atoms with van der Waals surface area (Å²) >= 11 is 0. The number of halogens is 3. The van der Waals surface area contributed by atoms with E-state index in [9.17, 15) is 13.2 Å². The molecule has 0 aliphatic rings. The van der Waals surface area contributed by atoms with Gasteiger partial charge in [-0.3, -0.25) is 0 Å². The molecule has 5 heteroatoms. The smallest absolute Gasteiger partial charge is 0.194 e. The van der Waals surface area contributed by atoms with E-state index in [-0.39, 0.29) is 12.2 Å². The second-order valence-corrected chi connectivity index (χ2v) is 3.95. The summed E-state index contributed by atoms with van der Waals surface area (Å²) < 4.78 is 45.0. The average Bonchev–Trinajstić information content (AvgIpc) is 2.36. The zero-order chi connectivity index (χ0) is 13.5. The second-order valence-electron chi connectivity index (χ2n) is 3.95. The maximum atomic E-state index is 13.6. The van der Waals surface area contributed by atoms with Crippen LogP contribution in [0.5, 0.6) is 0 Å². The third-order valence-corrected chi connectivity index (χ3v) is 2.52. The Bertz CT molecular complexity index is 385. The van der Waals surface area contributed by atoms with E-state index in [4.69, 9.17) is 4.74 Å². The largest absolute Gasteiger partial charge is 0.379 e. The van der Waals surface area contributed by atoms with Crippen LogP contribution < -0.4 is 5.32 Å². The van der Waals surface area contributed by atoms with Crippen LogP contribution in [0, 0.1) is 17.5 Å². The molecule has 1 rings (SSSR count). The molecule has 2 nitrogen and oxygen atoms in total. The molecule has 0 aliphatic heterocycles. The number of hydrogen-bond donors (Lipinski definition) is 1. The van der Waals surface area contributed by atoms with Crippen molar-refractivity contribution in [1.29, 1.82) is 0 Å². The van der Waals surface area contributed by atoms with E-state index in [2.05, 4.69) is 5.32 Å². The first-order valence-corrected chi connectivity index (χ1v) is 6.06. The molecule has 1 atom stereocenters. The minimum absolute atomic E-state index is 0.0897. The van der Waals surface area contributed by atoms with Crippen LogP contribution in [0.15, 0.2) is 12.1 Å². The highest BCUT2D eigenvalue weighted by atomic mass is 19.2. The summed E-state index contributed by atoms with van der Waals surface area (Å²) in [6.45, 7) is 5.17. The van der Waals surface area contributed by atoms with Crippen LogP contribution in [0.3, 0.4) is 0 Å². The molecule has 0 spiro atoms. The predicted molar refractivity (Wildman–Crippen MR) is 63.8 cm³/mol. The van der Waals surface area contributed by atoms with Gasteiger partial charge in [0.05, 0.1) is 12.6 Å². The molecule has 0 heterocycles. The zero-order valence-corrected chi connectivity index (χ0v) is 10.6. The van der Waals surface area contributed by atoms with E-state index in [0.717, 1.165) is 12.5 Å². The number of nitrogens with one attached hydrogen (secondary N) is 1. The van der Waals surface area contributed by atoms with Crippen LogP contribution >= 0.6 is 0 Å². The summed E-state index contributed by atoms with van der Waals surface area (Å²) in [7, 11) is 0. The molecule has 0 bridgehead atoms. The van der Waals surface area contributed by atoms with Crippen molar-refractivity contribution in [3.8, 4) is 0 Å². The first-order valence-electron chi connectivity index (χ1n) is 6.06. The maximum absolute atomic E-state index is 13.6. The minimum atomic E-state index is -1.44. The molecule has 0 amide bonds. The van der Waals surface area contributed by atoms with Gasteiger partial charge in [0.25, 0.3) is 0 Å². The van der Waals surface area contributed by atoms with Crippen LogP contribution in [0.25, 0.3) is 0 Å². The Kier molecular flexibility index (Phi) is 6.15. The Balaban J connectivity index is 2.87. The van der Waals surface area contributed by atoms with Crippen molar-refractivity contribution in [1.82, 2.24) is 5.32 Å². The summed E-state index contributed by atoms with van der Waals surface area (Å²) in [6, 6.07) is 1.70. The van der Waals surface area contributed by atoms with Gasteiger partial charge in [-0.25, -0.2) is 13.2 Å². The van der Waals surface area contributed by atoms with E-state index >= 15 is 0 Å². The molecule has 0 saturated carbocycles. The standard InChI is InChI=1S/C13H18F3NO/c1-3-7-18-8-11(17-4-2)9-5-6-10(14)13(16)12(9)15/h5-6,11,17H,3-4,7-8H2,1-2H3. The van der Waals surface area contributed by atoms with Crippen molar-refractivity contribution >= 4 is 0 Å². The number of hydrogen-bond acceptors (Lipinski definition) is 2. The second kappa shape index (κ2) is 7.38. The van der Waals surface area contributed by atoms with Crippen molar-refractivity contribution in [3.05, 3.63) is 35.1 Å². The van der Waals surface area contributed by atoms with Gasteiger partial charge in [0.1, 0.15) is 0 Å². The molecular weight excluding hydrogens is 243 g/mol. The molecule has 1 aromatic rings. The van der Waals surface area contributed by atoms with Crippen LogP contribution in [-0.2, 0) is 4.74 Å². The lowest BCUT2D eigenvalue weighted by atomic mass is 10.1. The van der Waals surface area contributed by atoms with Gasteiger partial charge < -0.3 is 10.1 Å². The lowest BCUT2D eigenvalue weighted by molar-refractivity contribution is 0.111. The van der Waals surface area contributed by atoms with Crippen LogP contribution in [0.1, 0.15) is 31.9 Å². The van der Waals surface area contributed by atoms with Gasteiger partial charge in [0.15, 0.2) is 17.5 Å². The maximum Gasteiger partial charge on any atom is 0.194 e.